The summed E-state index contributed by atoms with van der Waals surface area (Å²) in [5, 5.41) is 10.6. The zero-order valence-corrected chi connectivity index (χ0v) is 16.5. The van der Waals surface area contributed by atoms with Crippen LogP contribution in [0.4, 0.5) is 0 Å². The molecule has 3 heteroatoms. The standard InChI is InChI=1S/C17H38O2Si/c1-15(2,3)13-17(7,16(4,5)6)14(18)19-11-10-12-20(8)9/h14,18,20H,10-13H2,1-9H3. The van der Waals surface area contributed by atoms with Gasteiger partial charge in [-0.25, -0.2) is 0 Å². The summed E-state index contributed by atoms with van der Waals surface area (Å²) in [4.78, 5) is 0. The van der Waals surface area contributed by atoms with Gasteiger partial charge < -0.3 is 9.84 Å². The smallest absolute Gasteiger partial charge is 0.160 e. The average molecular weight is 303 g/mol. The molecule has 20 heavy (non-hydrogen) atoms. The normalized spacial score (nSPS) is 18.1. The fraction of sp³-hybridized carbons (Fsp3) is 1.00. The van der Waals surface area contributed by atoms with E-state index in [0.717, 1.165) is 12.8 Å². The molecule has 0 aliphatic rings. The van der Waals surface area contributed by atoms with Gasteiger partial charge in [0.25, 0.3) is 0 Å². The molecule has 0 aromatic rings. The molecule has 0 aliphatic carbocycles. The minimum absolute atomic E-state index is 0.00644. The minimum Gasteiger partial charge on any atom is -0.367 e. The van der Waals surface area contributed by atoms with E-state index in [1.807, 2.05) is 0 Å². The Morgan fingerprint density at radius 2 is 1.50 bits per heavy atom. The van der Waals surface area contributed by atoms with Crippen molar-refractivity contribution in [3.63, 3.8) is 0 Å². The summed E-state index contributed by atoms with van der Waals surface area (Å²) in [5.74, 6) is 0. The molecule has 2 atom stereocenters. The van der Waals surface area contributed by atoms with Crippen LogP contribution < -0.4 is 0 Å². The second-order valence-electron chi connectivity index (χ2n) is 9.16. The number of rotatable bonds is 7. The topological polar surface area (TPSA) is 29.5 Å². The van der Waals surface area contributed by atoms with Crippen molar-refractivity contribution in [3.05, 3.63) is 0 Å². The summed E-state index contributed by atoms with van der Waals surface area (Å²) in [5.41, 5.74) is -0.0514. The van der Waals surface area contributed by atoms with E-state index in [1.165, 1.54) is 6.04 Å². The maximum absolute atomic E-state index is 10.6. The van der Waals surface area contributed by atoms with Crippen molar-refractivity contribution in [2.75, 3.05) is 6.61 Å². The van der Waals surface area contributed by atoms with Crippen molar-refractivity contribution in [2.45, 2.75) is 86.7 Å². The van der Waals surface area contributed by atoms with Gasteiger partial charge in [0.15, 0.2) is 6.29 Å². The molecule has 0 saturated carbocycles. The van der Waals surface area contributed by atoms with Crippen LogP contribution in [-0.2, 0) is 4.74 Å². The molecule has 2 nitrogen and oxygen atoms in total. The van der Waals surface area contributed by atoms with E-state index >= 15 is 0 Å². The monoisotopic (exact) mass is 302 g/mol. The Bertz CT molecular complexity index is 276. The molecule has 0 heterocycles. The lowest BCUT2D eigenvalue weighted by Gasteiger charge is -2.48. The van der Waals surface area contributed by atoms with Gasteiger partial charge in [-0.2, -0.15) is 0 Å². The van der Waals surface area contributed by atoms with Crippen LogP contribution >= 0.6 is 0 Å². The van der Waals surface area contributed by atoms with Gasteiger partial charge in [0.1, 0.15) is 0 Å². The van der Waals surface area contributed by atoms with E-state index < -0.39 is 15.1 Å². The Kier molecular flexibility index (Phi) is 7.47. The lowest BCUT2D eigenvalue weighted by molar-refractivity contribution is -0.212. The van der Waals surface area contributed by atoms with Crippen molar-refractivity contribution in [1.82, 2.24) is 0 Å². The first kappa shape index (κ1) is 20.1. The Hall–Kier alpha value is 0.137. The summed E-state index contributed by atoms with van der Waals surface area (Å²) in [6.07, 6.45) is 1.34. The van der Waals surface area contributed by atoms with Crippen LogP contribution in [0.3, 0.4) is 0 Å². The fourth-order valence-electron chi connectivity index (χ4n) is 2.70. The van der Waals surface area contributed by atoms with E-state index in [1.54, 1.807) is 0 Å². The quantitative estimate of drug-likeness (QED) is 0.420. The molecule has 122 valence electrons. The number of hydrogen-bond acceptors (Lipinski definition) is 2. The summed E-state index contributed by atoms with van der Waals surface area (Å²) in [6.45, 7) is 20.9. The van der Waals surface area contributed by atoms with Crippen LogP contribution in [0.15, 0.2) is 0 Å². The zero-order valence-electron chi connectivity index (χ0n) is 15.3. The molecule has 0 bridgehead atoms. The highest BCUT2D eigenvalue weighted by atomic mass is 28.3. The molecular weight excluding hydrogens is 264 g/mol. The molecule has 0 aromatic carbocycles. The van der Waals surface area contributed by atoms with Crippen molar-refractivity contribution < 1.29 is 9.84 Å². The Labute approximate surface area is 128 Å². The summed E-state index contributed by atoms with van der Waals surface area (Å²) >= 11 is 0. The third-order valence-electron chi connectivity index (χ3n) is 4.36. The Morgan fingerprint density at radius 3 is 1.85 bits per heavy atom. The van der Waals surface area contributed by atoms with Crippen molar-refractivity contribution in [3.8, 4) is 0 Å². The molecule has 2 unspecified atom stereocenters. The summed E-state index contributed by atoms with van der Waals surface area (Å²) in [6, 6.07) is 1.29. The van der Waals surface area contributed by atoms with Gasteiger partial charge in [0.05, 0.1) is 0 Å². The van der Waals surface area contributed by atoms with Gasteiger partial charge in [-0.3, -0.25) is 0 Å². The number of aliphatic hydroxyl groups excluding tert-OH is 1. The van der Waals surface area contributed by atoms with Crippen LogP contribution in [0.25, 0.3) is 0 Å². The maximum atomic E-state index is 10.6. The van der Waals surface area contributed by atoms with Gasteiger partial charge in [-0.1, -0.05) is 67.6 Å². The predicted octanol–water partition coefficient (Wildman–Crippen LogP) is 4.69. The maximum Gasteiger partial charge on any atom is 0.160 e. The van der Waals surface area contributed by atoms with Crippen LogP contribution in [0.1, 0.15) is 61.3 Å². The van der Waals surface area contributed by atoms with Gasteiger partial charge >= 0.3 is 0 Å². The first-order chi connectivity index (χ1) is 8.79. The van der Waals surface area contributed by atoms with E-state index in [2.05, 4.69) is 61.6 Å². The fourth-order valence-corrected chi connectivity index (χ4v) is 3.68. The van der Waals surface area contributed by atoms with Crippen molar-refractivity contribution in [2.24, 2.45) is 16.2 Å². The van der Waals surface area contributed by atoms with Crippen LogP contribution in [-0.4, -0.2) is 26.8 Å². The molecule has 0 rings (SSSR count). The molecule has 0 radical (unpaired) electrons. The van der Waals surface area contributed by atoms with E-state index in [0.29, 0.717) is 6.61 Å². The highest BCUT2D eigenvalue weighted by Gasteiger charge is 2.46. The first-order valence-corrected chi connectivity index (χ1v) is 11.2. The second kappa shape index (κ2) is 7.41. The highest BCUT2D eigenvalue weighted by Crippen LogP contribution is 2.49. The van der Waals surface area contributed by atoms with Crippen LogP contribution in [0.5, 0.6) is 0 Å². The third-order valence-corrected chi connectivity index (χ3v) is 5.92. The molecule has 0 aliphatic heterocycles. The first-order valence-electron chi connectivity index (χ1n) is 8.09. The van der Waals surface area contributed by atoms with Gasteiger partial charge in [0.2, 0.25) is 0 Å². The Morgan fingerprint density at radius 1 is 1.00 bits per heavy atom. The number of ether oxygens (including phenoxy) is 1. The van der Waals surface area contributed by atoms with E-state index in [-0.39, 0.29) is 16.2 Å². The molecular formula is C17H38O2Si. The molecule has 0 amide bonds. The predicted molar refractivity (Wildman–Crippen MR) is 91.9 cm³/mol. The van der Waals surface area contributed by atoms with Crippen LogP contribution in [0.2, 0.25) is 19.1 Å². The lowest BCUT2D eigenvalue weighted by atomic mass is 9.61. The van der Waals surface area contributed by atoms with Gasteiger partial charge in [-0.05, 0) is 23.7 Å². The molecule has 1 N–H and O–H groups in total. The van der Waals surface area contributed by atoms with Gasteiger partial charge in [0, 0.05) is 20.8 Å². The van der Waals surface area contributed by atoms with Crippen molar-refractivity contribution in [1.29, 1.82) is 0 Å². The Balaban J connectivity index is 4.71. The molecule has 0 spiro atoms. The summed E-state index contributed by atoms with van der Waals surface area (Å²) in [7, 11) is -0.505. The SMILES string of the molecule is C[SiH](C)CCCOC(O)C(C)(CC(C)(C)C)C(C)(C)C. The molecule has 0 fully saturated rings. The average Bonchev–Trinajstić information content (AvgIpc) is 2.19. The minimum atomic E-state index is -0.685. The third kappa shape index (κ3) is 6.73. The molecule has 0 saturated heterocycles. The number of hydrogen-bond donors (Lipinski definition) is 1. The largest absolute Gasteiger partial charge is 0.367 e. The second-order valence-corrected chi connectivity index (χ2v) is 12.5. The number of aliphatic hydroxyl groups is 1. The van der Waals surface area contributed by atoms with E-state index in [9.17, 15) is 5.11 Å². The zero-order chi connectivity index (χ0) is 16.2. The van der Waals surface area contributed by atoms with Crippen molar-refractivity contribution >= 4 is 8.80 Å². The molecule has 0 aromatic heterocycles. The lowest BCUT2D eigenvalue weighted by Crippen LogP contribution is -2.47. The van der Waals surface area contributed by atoms with Gasteiger partial charge in [-0.15, -0.1) is 0 Å². The summed E-state index contributed by atoms with van der Waals surface area (Å²) < 4.78 is 5.81. The highest BCUT2D eigenvalue weighted by molar-refractivity contribution is 6.55. The van der Waals surface area contributed by atoms with E-state index in [4.69, 9.17) is 4.74 Å². The van der Waals surface area contributed by atoms with Crippen LogP contribution in [0, 0.1) is 16.2 Å².